The van der Waals surface area contributed by atoms with Crippen molar-refractivity contribution in [3.05, 3.63) is 65.0 Å². The van der Waals surface area contributed by atoms with Crippen LogP contribution in [-0.2, 0) is 13.1 Å². The molecule has 0 amide bonds. The quantitative estimate of drug-likeness (QED) is 0.503. The smallest absolute Gasteiger partial charge is 0.329 e. The van der Waals surface area contributed by atoms with Gasteiger partial charge in [0, 0.05) is 36.5 Å². The van der Waals surface area contributed by atoms with E-state index in [0.29, 0.717) is 12.6 Å². The number of fused-ring (bicyclic) bond motifs is 2. The van der Waals surface area contributed by atoms with Crippen LogP contribution in [0, 0.1) is 0 Å². The van der Waals surface area contributed by atoms with E-state index >= 15 is 0 Å². The average Bonchev–Trinajstić information content (AvgIpc) is 3.43. The van der Waals surface area contributed by atoms with Crippen LogP contribution in [0.1, 0.15) is 37.4 Å². The van der Waals surface area contributed by atoms with Crippen LogP contribution in [-0.4, -0.2) is 30.4 Å². The Bertz CT molecular complexity index is 1200. The summed E-state index contributed by atoms with van der Waals surface area (Å²) in [7, 11) is 0. The maximum absolute atomic E-state index is 13.2. The van der Waals surface area contributed by atoms with Gasteiger partial charge in [-0.05, 0) is 49.9 Å². The lowest BCUT2D eigenvalue weighted by molar-refractivity contribution is 0.281. The van der Waals surface area contributed by atoms with Gasteiger partial charge in [-0.15, -0.1) is 0 Å². The summed E-state index contributed by atoms with van der Waals surface area (Å²) in [5, 5.41) is 10.3. The van der Waals surface area contributed by atoms with Gasteiger partial charge in [0.15, 0.2) is 0 Å². The summed E-state index contributed by atoms with van der Waals surface area (Å²) in [6.45, 7) is 1.54. The Morgan fingerprint density at radius 3 is 2.64 bits per heavy atom. The highest BCUT2D eigenvalue weighted by molar-refractivity contribution is 5.80. The van der Waals surface area contributed by atoms with Crippen LogP contribution < -0.4 is 5.69 Å². The first kappa shape index (κ1) is 17.3. The molecule has 0 radical (unpaired) electrons. The number of benzene rings is 1. The van der Waals surface area contributed by atoms with Crippen LogP contribution >= 0.6 is 0 Å². The molecule has 4 aromatic rings. The molecule has 28 heavy (non-hydrogen) atoms. The first-order chi connectivity index (χ1) is 13.8. The van der Waals surface area contributed by atoms with E-state index < -0.39 is 0 Å². The van der Waals surface area contributed by atoms with Crippen molar-refractivity contribution in [3.63, 3.8) is 0 Å². The second kappa shape index (κ2) is 6.95. The number of pyridine rings is 1. The highest BCUT2D eigenvalue weighted by Crippen LogP contribution is 2.36. The fourth-order valence-corrected chi connectivity index (χ4v) is 4.17. The molecule has 0 saturated heterocycles. The van der Waals surface area contributed by atoms with Crippen LogP contribution in [0.2, 0.25) is 0 Å². The van der Waals surface area contributed by atoms with Crippen LogP contribution in [0.15, 0.2) is 53.6 Å². The molecule has 0 spiro atoms. The summed E-state index contributed by atoms with van der Waals surface area (Å²) in [5.41, 5.74) is 4.27. The van der Waals surface area contributed by atoms with Gasteiger partial charge in [-0.2, -0.15) is 0 Å². The number of aromatic nitrogens is 4. The van der Waals surface area contributed by atoms with Crippen molar-refractivity contribution in [3.8, 4) is 0 Å². The van der Waals surface area contributed by atoms with Crippen molar-refractivity contribution in [1.29, 1.82) is 0 Å². The lowest BCUT2D eigenvalue weighted by Crippen LogP contribution is -2.25. The monoisotopic (exact) mass is 376 g/mol. The summed E-state index contributed by atoms with van der Waals surface area (Å²) in [6.07, 6.45) is 7.51. The molecule has 0 atom stereocenters. The lowest BCUT2D eigenvalue weighted by atomic mass is 10.3. The number of unbranched alkanes of at least 4 members (excludes halogenated alkanes) is 1. The van der Waals surface area contributed by atoms with Gasteiger partial charge >= 0.3 is 5.69 Å². The number of imidazole rings is 1. The standard InChI is InChI=1S/C22H24N4O2/c27-12-4-3-11-24-18(13-16-9-10-23-14-21(16)24)15-25-19-5-1-2-6-20(19)26(22(25)28)17-7-8-17/h1-2,5-6,9-10,13-14,17,27H,3-4,7-8,11-12,15H2. The number of nitrogens with zero attached hydrogens (tertiary/aromatic N) is 4. The van der Waals surface area contributed by atoms with Crippen molar-refractivity contribution < 1.29 is 5.11 Å². The third-order valence-corrected chi connectivity index (χ3v) is 5.68. The van der Waals surface area contributed by atoms with Gasteiger partial charge in [-0.25, -0.2) is 4.79 Å². The zero-order valence-electron chi connectivity index (χ0n) is 15.8. The van der Waals surface area contributed by atoms with Crippen molar-refractivity contribution >= 4 is 21.9 Å². The molecule has 1 aliphatic rings. The normalized spacial score (nSPS) is 14.3. The SMILES string of the molecule is O=c1n(Cc2cc3ccncc3n2CCCCO)c2ccccc2n1C1CC1. The Kier molecular flexibility index (Phi) is 4.28. The third kappa shape index (κ3) is 2.85. The van der Waals surface area contributed by atoms with Crippen LogP contribution in [0.4, 0.5) is 0 Å². The minimum atomic E-state index is 0.0778. The Hall–Kier alpha value is -2.86. The summed E-state index contributed by atoms with van der Waals surface area (Å²) in [6, 6.07) is 12.6. The van der Waals surface area contributed by atoms with E-state index in [0.717, 1.165) is 59.9 Å². The molecular weight excluding hydrogens is 352 g/mol. The van der Waals surface area contributed by atoms with Crippen molar-refractivity contribution in [2.24, 2.45) is 0 Å². The molecular formula is C22H24N4O2. The van der Waals surface area contributed by atoms with Crippen molar-refractivity contribution in [1.82, 2.24) is 18.7 Å². The van der Waals surface area contributed by atoms with Gasteiger partial charge in [0.25, 0.3) is 0 Å². The molecule has 6 heteroatoms. The molecule has 0 bridgehead atoms. The summed E-state index contributed by atoms with van der Waals surface area (Å²) >= 11 is 0. The van der Waals surface area contributed by atoms with Gasteiger partial charge in [0.1, 0.15) is 0 Å². The molecule has 5 rings (SSSR count). The highest BCUT2D eigenvalue weighted by Gasteiger charge is 2.29. The largest absolute Gasteiger partial charge is 0.396 e. The molecule has 1 fully saturated rings. The second-order valence-corrected chi connectivity index (χ2v) is 7.61. The molecule has 6 nitrogen and oxygen atoms in total. The molecule has 1 N–H and O–H groups in total. The first-order valence-electron chi connectivity index (χ1n) is 10.0. The zero-order chi connectivity index (χ0) is 19.1. The van der Waals surface area contributed by atoms with Crippen molar-refractivity contribution in [2.45, 2.75) is 44.8 Å². The van der Waals surface area contributed by atoms with Gasteiger partial charge in [-0.3, -0.25) is 14.1 Å². The maximum atomic E-state index is 13.2. The van der Waals surface area contributed by atoms with Crippen LogP contribution in [0.5, 0.6) is 0 Å². The van der Waals surface area contributed by atoms with Gasteiger partial charge < -0.3 is 9.67 Å². The van der Waals surface area contributed by atoms with E-state index in [1.165, 1.54) is 0 Å². The summed E-state index contributed by atoms with van der Waals surface area (Å²) < 4.78 is 6.11. The Morgan fingerprint density at radius 1 is 1.04 bits per heavy atom. The predicted octanol–water partition coefficient (Wildman–Crippen LogP) is 3.31. The maximum Gasteiger partial charge on any atom is 0.329 e. The van der Waals surface area contributed by atoms with E-state index in [-0.39, 0.29) is 12.3 Å². The molecule has 3 heterocycles. The number of hydrogen-bond donors (Lipinski definition) is 1. The molecule has 144 valence electrons. The van der Waals surface area contributed by atoms with E-state index in [1.807, 2.05) is 45.7 Å². The molecule has 0 unspecified atom stereocenters. The number of aliphatic hydroxyl groups excluding tert-OH is 1. The predicted molar refractivity (Wildman–Crippen MR) is 110 cm³/mol. The molecule has 0 aliphatic heterocycles. The third-order valence-electron chi connectivity index (χ3n) is 5.68. The van der Waals surface area contributed by atoms with Gasteiger partial charge in [-0.1, -0.05) is 12.1 Å². The topological polar surface area (TPSA) is 65.0 Å². The van der Waals surface area contributed by atoms with Crippen LogP contribution in [0.25, 0.3) is 21.9 Å². The van der Waals surface area contributed by atoms with Crippen LogP contribution in [0.3, 0.4) is 0 Å². The van der Waals surface area contributed by atoms with E-state index in [2.05, 4.69) is 15.6 Å². The number of aryl methyl sites for hydroxylation is 1. The lowest BCUT2D eigenvalue weighted by Gasteiger charge is -2.11. The second-order valence-electron chi connectivity index (χ2n) is 7.61. The fourth-order valence-electron chi connectivity index (χ4n) is 4.17. The van der Waals surface area contributed by atoms with E-state index in [4.69, 9.17) is 5.11 Å². The number of rotatable bonds is 7. The Labute approximate surface area is 162 Å². The Balaban J connectivity index is 1.62. The van der Waals surface area contributed by atoms with E-state index in [9.17, 15) is 4.79 Å². The summed E-state index contributed by atoms with van der Waals surface area (Å²) in [4.78, 5) is 17.5. The van der Waals surface area contributed by atoms with Gasteiger partial charge in [0.2, 0.25) is 0 Å². The molecule has 1 aliphatic carbocycles. The zero-order valence-corrected chi connectivity index (χ0v) is 15.8. The number of para-hydroxylation sites is 2. The molecule has 3 aromatic heterocycles. The Morgan fingerprint density at radius 2 is 1.86 bits per heavy atom. The average molecular weight is 376 g/mol. The molecule has 1 aromatic carbocycles. The summed E-state index contributed by atoms with van der Waals surface area (Å²) in [5.74, 6) is 0. The highest BCUT2D eigenvalue weighted by atomic mass is 16.2. The number of aliphatic hydroxyl groups is 1. The van der Waals surface area contributed by atoms with Crippen molar-refractivity contribution in [2.75, 3.05) is 6.61 Å². The molecule has 1 saturated carbocycles. The first-order valence-corrected chi connectivity index (χ1v) is 10.0. The number of hydrogen-bond acceptors (Lipinski definition) is 3. The minimum Gasteiger partial charge on any atom is -0.396 e. The minimum absolute atomic E-state index is 0.0778. The fraction of sp³-hybridized carbons (Fsp3) is 0.364. The van der Waals surface area contributed by atoms with Gasteiger partial charge in [0.05, 0.1) is 29.3 Å². The van der Waals surface area contributed by atoms with E-state index in [1.54, 1.807) is 6.20 Å².